The van der Waals surface area contributed by atoms with Gasteiger partial charge in [-0.3, -0.25) is 0 Å². The molecule has 0 aliphatic heterocycles. The van der Waals surface area contributed by atoms with Crippen LogP contribution in [-0.2, 0) is 5.41 Å². The van der Waals surface area contributed by atoms with Gasteiger partial charge >= 0.3 is 0 Å². The van der Waals surface area contributed by atoms with Gasteiger partial charge in [0.25, 0.3) is 0 Å². The average molecular weight is 332 g/mol. The maximum absolute atomic E-state index is 9.98. The number of hydrogen-bond donors (Lipinski definition) is 2. The first-order chi connectivity index (χ1) is 12.3. The second kappa shape index (κ2) is 6.85. The van der Waals surface area contributed by atoms with Crippen LogP contribution in [0.25, 0.3) is 10.8 Å². The van der Waals surface area contributed by atoms with Gasteiger partial charge in [-0.05, 0) is 42.7 Å². The van der Waals surface area contributed by atoms with Gasteiger partial charge in [0.05, 0.1) is 6.10 Å². The van der Waals surface area contributed by atoms with Crippen LogP contribution in [0.3, 0.4) is 0 Å². The third-order valence-corrected chi connectivity index (χ3v) is 5.57. The van der Waals surface area contributed by atoms with Crippen molar-refractivity contribution >= 4 is 16.6 Å². The lowest BCUT2D eigenvalue weighted by molar-refractivity contribution is 0.0987. The van der Waals surface area contributed by atoms with Crippen LogP contribution in [0.1, 0.15) is 31.2 Å². The van der Waals surface area contributed by atoms with Crippen molar-refractivity contribution in [1.82, 2.24) is 4.98 Å². The highest BCUT2D eigenvalue weighted by Crippen LogP contribution is 2.40. The van der Waals surface area contributed by atoms with E-state index in [4.69, 9.17) is 0 Å². The fourth-order valence-corrected chi connectivity index (χ4v) is 4.03. The Kier molecular flexibility index (Phi) is 4.41. The summed E-state index contributed by atoms with van der Waals surface area (Å²) < 4.78 is 0. The van der Waals surface area contributed by atoms with Crippen LogP contribution in [-0.4, -0.2) is 22.7 Å². The first-order valence-corrected chi connectivity index (χ1v) is 9.08. The van der Waals surface area contributed by atoms with E-state index in [9.17, 15) is 5.11 Å². The molecule has 0 spiro atoms. The van der Waals surface area contributed by atoms with E-state index in [1.54, 1.807) is 0 Å². The van der Waals surface area contributed by atoms with E-state index in [0.717, 1.165) is 43.4 Å². The molecule has 1 heterocycles. The third-order valence-electron chi connectivity index (χ3n) is 5.57. The molecular weight excluding hydrogens is 308 g/mol. The number of nitrogens with zero attached hydrogens (tertiary/aromatic N) is 1. The predicted octanol–water partition coefficient (Wildman–Crippen LogP) is 4.52. The van der Waals surface area contributed by atoms with Crippen molar-refractivity contribution in [3.63, 3.8) is 0 Å². The van der Waals surface area contributed by atoms with Gasteiger partial charge in [-0.25, -0.2) is 4.98 Å². The van der Waals surface area contributed by atoms with E-state index in [1.807, 2.05) is 12.3 Å². The van der Waals surface area contributed by atoms with Crippen molar-refractivity contribution in [2.75, 3.05) is 11.9 Å². The smallest absolute Gasteiger partial charge is 0.133 e. The molecule has 0 radical (unpaired) electrons. The molecule has 0 bridgehead atoms. The second-order valence-electron chi connectivity index (χ2n) is 7.11. The van der Waals surface area contributed by atoms with Crippen molar-refractivity contribution in [3.05, 3.63) is 72.4 Å². The number of rotatable bonds is 4. The Morgan fingerprint density at radius 2 is 1.68 bits per heavy atom. The normalized spacial score (nSPS) is 23.5. The maximum Gasteiger partial charge on any atom is 0.133 e. The van der Waals surface area contributed by atoms with Crippen molar-refractivity contribution in [2.45, 2.75) is 37.2 Å². The Labute approximate surface area is 148 Å². The van der Waals surface area contributed by atoms with Gasteiger partial charge in [0.2, 0.25) is 0 Å². The lowest BCUT2D eigenvalue weighted by atomic mass is 9.68. The molecule has 3 heteroatoms. The van der Waals surface area contributed by atoms with Crippen LogP contribution in [0.5, 0.6) is 0 Å². The van der Waals surface area contributed by atoms with E-state index < -0.39 is 0 Å². The van der Waals surface area contributed by atoms with Crippen molar-refractivity contribution in [2.24, 2.45) is 0 Å². The molecule has 0 amide bonds. The monoisotopic (exact) mass is 332 g/mol. The minimum absolute atomic E-state index is 0.0547. The van der Waals surface area contributed by atoms with Gasteiger partial charge in [-0.1, -0.05) is 54.6 Å². The summed E-state index contributed by atoms with van der Waals surface area (Å²) in [4.78, 5) is 4.57. The average Bonchev–Trinajstić information content (AvgIpc) is 2.68. The van der Waals surface area contributed by atoms with E-state index >= 15 is 0 Å². The number of pyridine rings is 1. The summed E-state index contributed by atoms with van der Waals surface area (Å²) in [5, 5.41) is 16.0. The summed E-state index contributed by atoms with van der Waals surface area (Å²) >= 11 is 0. The second-order valence-corrected chi connectivity index (χ2v) is 7.11. The van der Waals surface area contributed by atoms with Crippen molar-refractivity contribution in [3.8, 4) is 0 Å². The van der Waals surface area contributed by atoms with E-state index in [1.165, 1.54) is 10.9 Å². The highest BCUT2D eigenvalue weighted by molar-refractivity contribution is 5.91. The lowest BCUT2D eigenvalue weighted by Crippen LogP contribution is -2.39. The summed E-state index contributed by atoms with van der Waals surface area (Å²) in [6.45, 7) is 0.838. The summed E-state index contributed by atoms with van der Waals surface area (Å²) in [7, 11) is 0. The third kappa shape index (κ3) is 3.24. The Hall–Kier alpha value is -2.39. The minimum Gasteiger partial charge on any atom is -0.393 e. The summed E-state index contributed by atoms with van der Waals surface area (Å²) in [6.07, 6.45) is 5.42. The molecule has 1 aromatic heterocycles. The molecule has 128 valence electrons. The number of hydrogen-bond acceptors (Lipinski definition) is 3. The van der Waals surface area contributed by atoms with Gasteiger partial charge in [0, 0.05) is 23.5 Å². The molecule has 3 nitrogen and oxygen atoms in total. The van der Waals surface area contributed by atoms with Gasteiger partial charge in [-0.15, -0.1) is 0 Å². The SMILES string of the molecule is O[C@H]1CC[C@](CNc2nccc3ccccc23)(c2ccccc2)CC1. The number of aliphatic hydroxyl groups excluding tert-OH is 1. The molecule has 25 heavy (non-hydrogen) atoms. The molecule has 2 N–H and O–H groups in total. The number of benzene rings is 2. The topological polar surface area (TPSA) is 45.1 Å². The standard InChI is InChI=1S/C22H24N2O/c25-19-10-13-22(14-11-19,18-7-2-1-3-8-18)16-24-21-20-9-5-4-6-17(20)12-15-23-21/h1-9,12,15,19,25H,10-11,13-14,16H2,(H,23,24)/t19-,22-. The van der Waals surface area contributed by atoms with Crippen molar-refractivity contribution < 1.29 is 5.11 Å². The molecule has 1 fully saturated rings. The number of fused-ring (bicyclic) bond motifs is 1. The zero-order valence-corrected chi connectivity index (χ0v) is 14.4. The molecule has 0 unspecified atom stereocenters. The maximum atomic E-state index is 9.98. The first-order valence-electron chi connectivity index (χ1n) is 9.08. The molecule has 1 aliphatic carbocycles. The quantitative estimate of drug-likeness (QED) is 0.738. The van der Waals surface area contributed by atoms with Crippen LogP contribution in [0.4, 0.5) is 5.82 Å². The molecule has 0 saturated heterocycles. The summed E-state index contributed by atoms with van der Waals surface area (Å²) in [6, 6.07) is 21.1. The van der Waals surface area contributed by atoms with Crippen molar-refractivity contribution in [1.29, 1.82) is 0 Å². The predicted molar refractivity (Wildman–Crippen MR) is 103 cm³/mol. The first kappa shape index (κ1) is 16.1. The molecule has 4 rings (SSSR count). The van der Waals surface area contributed by atoms with Crippen LogP contribution in [0, 0.1) is 0 Å². The van der Waals surface area contributed by atoms with Gasteiger partial charge < -0.3 is 10.4 Å². The molecule has 1 saturated carbocycles. The Balaban J connectivity index is 1.63. The molecule has 3 aromatic rings. The molecular formula is C22H24N2O. The zero-order chi connectivity index (χ0) is 17.1. The molecule has 2 aromatic carbocycles. The van der Waals surface area contributed by atoms with Crippen LogP contribution < -0.4 is 5.32 Å². The Morgan fingerprint density at radius 1 is 0.960 bits per heavy atom. The van der Waals surface area contributed by atoms with Gasteiger partial charge in [0.15, 0.2) is 0 Å². The van der Waals surface area contributed by atoms with E-state index in [2.05, 4.69) is 64.9 Å². The summed E-state index contributed by atoms with van der Waals surface area (Å²) in [5.74, 6) is 0.944. The number of anilines is 1. The molecule has 0 atom stereocenters. The fraction of sp³-hybridized carbons (Fsp3) is 0.318. The van der Waals surface area contributed by atoms with Crippen LogP contribution in [0.2, 0.25) is 0 Å². The fourth-order valence-electron chi connectivity index (χ4n) is 4.03. The number of aromatic nitrogens is 1. The number of aliphatic hydroxyl groups is 1. The Bertz CT molecular complexity index is 834. The summed E-state index contributed by atoms with van der Waals surface area (Å²) in [5.41, 5.74) is 1.41. The van der Waals surface area contributed by atoms with E-state index in [0.29, 0.717) is 0 Å². The highest BCUT2D eigenvalue weighted by atomic mass is 16.3. The van der Waals surface area contributed by atoms with E-state index in [-0.39, 0.29) is 11.5 Å². The molecule has 1 aliphatic rings. The zero-order valence-electron chi connectivity index (χ0n) is 14.4. The van der Waals surface area contributed by atoms with Crippen LogP contribution in [0.15, 0.2) is 66.9 Å². The minimum atomic E-state index is -0.160. The van der Waals surface area contributed by atoms with Gasteiger partial charge in [-0.2, -0.15) is 0 Å². The lowest BCUT2D eigenvalue weighted by Gasteiger charge is -2.40. The number of nitrogens with one attached hydrogen (secondary N) is 1. The largest absolute Gasteiger partial charge is 0.393 e. The highest BCUT2D eigenvalue weighted by Gasteiger charge is 2.36. The van der Waals surface area contributed by atoms with Crippen LogP contribution >= 0.6 is 0 Å². The van der Waals surface area contributed by atoms with Gasteiger partial charge in [0.1, 0.15) is 5.82 Å². The Morgan fingerprint density at radius 3 is 2.48 bits per heavy atom.